The smallest absolute Gasteiger partial charge is 0.306 e. The van der Waals surface area contributed by atoms with Crippen molar-refractivity contribution in [2.75, 3.05) is 19.8 Å². The van der Waals surface area contributed by atoms with Crippen molar-refractivity contribution in [1.82, 2.24) is 0 Å². The normalized spacial score (nSPS) is 12.5. The average Bonchev–Trinajstić information content (AvgIpc) is 3.32. The van der Waals surface area contributed by atoms with E-state index in [0.717, 1.165) is 57.8 Å². The minimum absolute atomic E-state index is 0.0809. The molecule has 0 saturated heterocycles. The van der Waals surface area contributed by atoms with Gasteiger partial charge in [0.15, 0.2) is 6.10 Å². The summed E-state index contributed by atoms with van der Waals surface area (Å²) in [5, 5.41) is 0. The maximum absolute atomic E-state index is 12.8. The molecule has 0 fully saturated rings. The van der Waals surface area contributed by atoms with Crippen LogP contribution < -0.4 is 0 Å². The number of allylic oxidation sites excluding steroid dienone is 8. The van der Waals surface area contributed by atoms with Crippen molar-refractivity contribution in [3.63, 3.8) is 0 Å². The van der Waals surface area contributed by atoms with Crippen molar-refractivity contribution in [2.45, 2.75) is 309 Å². The molecule has 0 aromatic carbocycles. The van der Waals surface area contributed by atoms with E-state index >= 15 is 0 Å². The molecular formula is C61H112O5. The number of carbonyl (C=O) groups is 2. The molecule has 5 heteroatoms. The fourth-order valence-corrected chi connectivity index (χ4v) is 8.41. The van der Waals surface area contributed by atoms with Crippen LogP contribution in [0, 0.1) is 0 Å². The van der Waals surface area contributed by atoms with E-state index in [0.29, 0.717) is 19.4 Å². The SMILES string of the molecule is CCCCC/C=C\C/C=C\CCCCCCCCCCCC(=O)OCC(COCCCCCCCCCC/C=C\CCCCCCCC)OC(=O)CCCCCCC/C=C\CCCCCC. The van der Waals surface area contributed by atoms with Crippen LogP contribution in [0.5, 0.6) is 0 Å². The summed E-state index contributed by atoms with van der Waals surface area (Å²) in [5.41, 5.74) is 0. The third kappa shape index (κ3) is 54.5. The molecule has 386 valence electrons. The van der Waals surface area contributed by atoms with Gasteiger partial charge in [0.1, 0.15) is 6.61 Å². The molecule has 0 N–H and O–H groups in total. The Morgan fingerprint density at radius 2 is 0.636 bits per heavy atom. The van der Waals surface area contributed by atoms with Crippen molar-refractivity contribution < 1.29 is 23.8 Å². The molecule has 0 bridgehead atoms. The first-order valence-electron chi connectivity index (χ1n) is 29.2. The Kier molecular flexibility index (Phi) is 55.3. The van der Waals surface area contributed by atoms with Crippen molar-refractivity contribution in [1.29, 1.82) is 0 Å². The summed E-state index contributed by atoms with van der Waals surface area (Å²) < 4.78 is 17.5. The lowest BCUT2D eigenvalue weighted by atomic mass is 10.1. The lowest BCUT2D eigenvalue weighted by Gasteiger charge is -2.18. The van der Waals surface area contributed by atoms with E-state index in [4.69, 9.17) is 14.2 Å². The van der Waals surface area contributed by atoms with Gasteiger partial charge in [-0.1, -0.05) is 236 Å². The summed E-state index contributed by atoms with van der Waals surface area (Å²) in [6.07, 6.45) is 71.3. The molecule has 0 spiro atoms. The van der Waals surface area contributed by atoms with Gasteiger partial charge in [0.2, 0.25) is 0 Å². The van der Waals surface area contributed by atoms with Crippen molar-refractivity contribution in [2.24, 2.45) is 0 Å². The van der Waals surface area contributed by atoms with E-state index < -0.39 is 6.10 Å². The first-order chi connectivity index (χ1) is 32.6. The Morgan fingerprint density at radius 1 is 0.333 bits per heavy atom. The maximum Gasteiger partial charge on any atom is 0.306 e. The van der Waals surface area contributed by atoms with Crippen molar-refractivity contribution in [3.05, 3.63) is 48.6 Å². The Balaban J connectivity index is 4.23. The number of ether oxygens (including phenoxy) is 3. The summed E-state index contributed by atoms with van der Waals surface area (Å²) in [5.74, 6) is -0.400. The lowest BCUT2D eigenvalue weighted by molar-refractivity contribution is -0.163. The summed E-state index contributed by atoms with van der Waals surface area (Å²) >= 11 is 0. The lowest BCUT2D eigenvalue weighted by Crippen LogP contribution is -2.30. The second-order valence-corrected chi connectivity index (χ2v) is 19.5. The van der Waals surface area contributed by atoms with Crippen molar-refractivity contribution >= 4 is 11.9 Å². The second-order valence-electron chi connectivity index (χ2n) is 19.5. The molecule has 66 heavy (non-hydrogen) atoms. The van der Waals surface area contributed by atoms with Gasteiger partial charge in [-0.3, -0.25) is 9.59 Å². The highest BCUT2D eigenvalue weighted by molar-refractivity contribution is 5.70. The minimum atomic E-state index is -0.543. The van der Waals surface area contributed by atoms with Gasteiger partial charge < -0.3 is 14.2 Å². The van der Waals surface area contributed by atoms with E-state index in [1.165, 1.54) is 212 Å². The van der Waals surface area contributed by atoms with Crippen LogP contribution >= 0.6 is 0 Å². The van der Waals surface area contributed by atoms with E-state index in [-0.39, 0.29) is 25.2 Å². The third-order valence-corrected chi connectivity index (χ3v) is 12.8. The molecule has 0 aromatic heterocycles. The van der Waals surface area contributed by atoms with Gasteiger partial charge in [0.05, 0.1) is 6.61 Å². The zero-order valence-electron chi connectivity index (χ0n) is 44.5. The number of esters is 2. The second kappa shape index (κ2) is 57.2. The molecule has 5 nitrogen and oxygen atoms in total. The largest absolute Gasteiger partial charge is 0.462 e. The Labute approximate surface area is 412 Å². The molecule has 0 saturated carbocycles. The van der Waals surface area contributed by atoms with Crippen LogP contribution in [0.25, 0.3) is 0 Å². The van der Waals surface area contributed by atoms with Crippen LogP contribution in [0.4, 0.5) is 0 Å². The summed E-state index contributed by atoms with van der Waals surface area (Å²) in [4.78, 5) is 25.5. The molecule has 0 aliphatic rings. The molecule has 0 radical (unpaired) electrons. The monoisotopic (exact) mass is 925 g/mol. The number of rotatable bonds is 54. The first-order valence-corrected chi connectivity index (χ1v) is 29.2. The van der Waals surface area contributed by atoms with Crippen LogP contribution in [0.1, 0.15) is 303 Å². The zero-order valence-corrected chi connectivity index (χ0v) is 44.5. The summed E-state index contributed by atoms with van der Waals surface area (Å²) in [6.45, 7) is 7.81. The van der Waals surface area contributed by atoms with Crippen LogP contribution in [-0.2, 0) is 23.8 Å². The highest BCUT2D eigenvalue weighted by Gasteiger charge is 2.17. The molecule has 0 amide bonds. The predicted octanol–water partition coefficient (Wildman–Crippen LogP) is 19.9. The molecule has 0 heterocycles. The van der Waals surface area contributed by atoms with E-state index in [1.807, 2.05) is 0 Å². The minimum Gasteiger partial charge on any atom is -0.462 e. The zero-order chi connectivity index (χ0) is 47.7. The highest BCUT2D eigenvalue weighted by atomic mass is 16.6. The van der Waals surface area contributed by atoms with E-state index in [2.05, 4.69) is 69.4 Å². The van der Waals surface area contributed by atoms with Gasteiger partial charge in [-0.2, -0.15) is 0 Å². The summed E-state index contributed by atoms with van der Waals surface area (Å²) in [7, 11) is 0. The van der Waals surface area contributed by atoms with Crippen LogP contribution in [0.15, 0.2) is 48.6 Å². The Morgan fingerprint density at radius 3 is 1.06 bits per heavy atom. The van der Waals surface area contributed by atoms with Crippen LogP contribution in [0.2, 0.25) is 0 Å². The molecular weight excluding hydrogens is 813 g/mol. The third-order valence-electron chi connectivity index (χ3n) is 12.8. The quantitative estimate of drug-likeness (QED) is 0.0345. The van der Waals surface area contributed by atoms with Crippen molar-refractivity contribution in [3.8, 4) is 0 Å². The van der Waals surface area contributed by atoms with Gasteiger partial charge in [-0.25, -0.2) is 0 Å². The maximum atomic E-state index is 12.8. The molecule has 1 unspecified atom stereocenters. The number of hydrogen-bond acceptors (Lipinski definition) is 5. The molecule has 1 atom stereocenters. The van der Waals surface area contributed by atoms with Gasteiger partial charge in [0, 0.05) is 19.4 Å². The van der Waals surface area contributed by atoms with Gasteiger partial charge in [-0.05, 0) is 103 Å². The molecule has 0 aliphatic heterocycles. The standard InChI is InChI=1S/C61H112O5/c1-4-7-10-13-16-19-22-25-27-29-31-32-34-37-39-42-45-48-51-54-60(62)65-58-59(66-61(63)55-52-49-46-43-40-36-24-21-18-15-12-9-6-3)57-64-56-53-50-47-44-41-38-35-33-30-28-26-23-20-17-14-11-8-5-2/h16,19,21,24-28,59H,4-15,17-18,20,22-23,29-58H2,1-3H3/b19-16-,24-21-,27-25-,28-26-. The topological polar surface area (TPSA) is 61.8 Å². The number of unbranched alkanes of at least 4 members (excludes halogenated alkanes) is 35. The fourth-order valence-electron chi connectivity index (χ4n) is 8.41. The highest BCUT2D eigenvalue weighted by Crippen LogP contribution is 2.15. The van der Waals surface area contributed by atoms with Gasteiger partial charge in [0.25, 0.3) is 0 Å². The predicted molar refractivity (Wildman–Crippen MR) is 288 cm³/mol. The Hall–Kier alpha value is -2.14. The molecule has 0 rings (SSSR count). The first kappa shape index (κ1) is 63.9. The van der Waals surface area contributed by atoms with Crippen LogP contribution in [-0.4, -0.2) is 37.9 Å². The Bertz CT molecular complexity index is 1090. The molecule has 0 aromatic rings. The van der Waals surface area contributed by atoms with E-state index in [1.54, 1.807) is 0 Å². The molecule has 0 aliphatic carbocycles. The van der Waals surface area contributed by atoms with Crippen LogP contribution in [0.3, 0.4) is 0 Å². The van der Waals surface area contributed by atoms with Gasteiger partial charge >= 0.3 is 11.9 Å². The van der Waals surface area contributed by atoms with Gasteiger partial charge in [-0.15, -0.1) is 0 Å². The fraction of sp³-hybridized carbons (Fsp3) is 0.836. The van der Waals surface area contributed by atoms with E-state index in [9.17, 15) is 9.59 Å². The average molecular weight is 926 g/mol. The number of hydrogen-bond donors (Lipinski definition) is 0. The summed E-state index contributed by atoms with van der Waals surface area (Å²) in [6, 6.07) is 0. The number of carbonyl (C=O) groups excluding carboxylic acids is 2.